The van der Waals surface area contributed by atoms with E-state index in [1.165, 1.54) is 18.3 Å². The van der Waals surface area contributed by atoms with Crippen molar-refractivity contribution in [3.05, 3.63) is 54.0 Å². The molecule has 0 bridgehead atoms. The lowest BCUT2D eigenvalue weighted by atomic mass is 10.0. The molecule has 0 radical (unpaired) electrons. The zero-order valence-electron chi connectivity index (χ0n) is 23.0. The maximum absolute atomic E-state index is 13.5. The minimum atomic E-state index is -0.946. The molecule has 2 aliphatic heterocycles. The smallest absolute Gasteiger partial charge is 0.411 e. The van der Waals surface area contributed by atoms with Crippen LogP contribution in [0.5, 0.6) is 5.88 Å². The second-order valence-corrected chi connectivity index (χ2v) is 11.1. The van der Waals surface area contributed by atoms with Crippen molar-refractivity contribution in [1.29, 1.82) is 0 Å². The van der Waals surface area contributed by atoms with Gasteiger partial charge < -0.3 is 33.0 Å². The van der Waals surface area contributed by atoms with E-state index in [2.05, 4.69) is 9.97 Å². The van der Waals surface area contributed by atoms with Crippen LogP contribution >= 0.6 is 0 Å². The Hall–Kier alpha value is -3.54. The van der Waals surface area contributed by atoms with Crippen molar-refractivity contribution in [3.8, 4) is 5.88 Å². The van der Waals surface area contributed by atoms with Crippen LogP contribution in [0.15, 0.2) is 42.9 Å². The van der Waals surface area contributed by atoms with Crippen molar-refractivity contribution in [3.63, 3.8) is 0 Å². The minimum Gasteiger partial charge on any atom is -0.479 e. The van der Waals surface area contributed by atoms with Crippen LogP contribution in [-0.2, 0) is 37.1 Å². The second kappa shape index (κ2) is 10.2. The molecule has 2 fully saturated rings. The third-order valence-electron chi connectivity index (χ3n) is 6.67. The quantitative estimate of drug-likeness (QED) is 0.412. The Bertz CT molecular complexity index is 1350. The molecule has 4 atom stereocenters. The summed E-state index contributed by atoms with van der Waals surface area (Å²) >= 11 is 0. The van der Waals surface area contributed by atoms with Gasteiger partial charge in [0.2, 0.25) is 5.88 Å². The van der Waals surface area contributed by atoms with Gasteiger partial charge >= 0.3 is 6.09 Å². The van der Waals surface area contributed by atoms with E-state index in [9.17, 15) is 9.59 Å². The second-order valence-electron chi connectivity index (χ2n) is 11.1. The first kappa shape index (κ1) is 27.0. The Morgan fingerprint density at radius 2 is 1.85 bits per heavy atom. The first-order valence-corrected chi connectivity index (χ1v) is 12.8. The molecule has 5 rings (SSSR count). The number of fused-ring (bicyclic) bond motifs is 2. The average Bonchev–Trinajstić information content (AvgIpc) is 3.49. The van der Waals surface area contributed by atoms with Gasteiger partial charge in [0.1, 0.15) is 54.2 Å². The van der Waals surface area contributed by atoms with Crippen LogP contribution in [0.3, 0.4) is 0 Å². The molecule has 0 saturated carbocycles. The van der Waals surface area contributed by atoms with Crippen LogP contribution in [0, 0.1) is 0 Å². The van der Waals surface area contributed by atoms with Gasteiger partial charge in [0.05, 0.1) is 19.8 Å². The molecular weight excluding hydrogens is 504 g/mol. The van der Waals surface area contributed by atoms with Crippen molar-refractivity contribution in [2.75, 3.05) is 7.11 Å². The lowest BCUT2D eigenvalue weighted by Gasteiger charge is -2.33. The minimum absolute atomic E-state index is 0.169. The molecule has 2 saturated heterocycles. The Labute approximate surface area is 227 Å². The zero-order valence-corrected chi connectivity index (χ0v) is 23.0. The van der Waals surface area contributed by atoms with Crippen molar-refractivity contribution < 1.29 is 33.3 Å². The Balaban J connectivity index is 1.59. The predicted octanol–water partition coefficient (Wildman–Crippen LogP) is 3.99. The van der Waals surface area contributed by atoms with Gasteiger partial charge in [-0.25, -0.2) is 9.78 Å². The number of hydrogen-bond donors (Lipinski definition) is 0. The number of carbonyl (C=O) groups is 2. The molecule has 3 aromatic rings. The standard InChI is InChI=1S/C28H34N4O7/c1-27(2,3)39-26(34)32-19(13-33)23-24(38-28(4,5)37-23)21(32)18-12-31(16-36-14-17-10-8-7-9-11-17)22-20(18)29-15-30-25(22)35-6/h7-13,15,19,21,23-24H,14,16H2,1-6H3/t19-,21+,23-,24+/m1/s1. The summed E-state index contributed by atoms with van der Waals surface area (Å²) in [6, 6.07) is 8.17. The topological polar surface area (TPSA) is 114 Å². The number of hydrogen-bond acceptors (Lipinski definition) is 9. The molecule has 0 spiro atoms. The summed E-state index contributed by atoms with van der Waals surface area (Å²) in [5.74, 6) is -0.595. The fourth-order valence-corrected chi connectivity index (χ4v) is 5.28. The summed E-state index contributed by atoms with van der Waals surface area (Å²) in [5, 5.41) is 0. The monoisotopic (exact) mass is 538 g/mol. The van der Waals surface area contributed by atoms with E-state index in [1.54, 1.807) is 34.6 Å². The van der Waals surface area contributed by atoms with Crippen LogP contribution in [0.1, 0.15) is 51.8 Å². The van der Waals surface area contributed by atoms with Gasteiger partial charge in [0, 0.05) is 11.8 Å². The Morgan fingerprint density at radius 3 is 2.51 bits per heavy atom. The molecule has 0 unspecified atom stereocenters. The molecule has 0 N–H and O–H groups in total. The predicted molar refractivity (Wildman–Crippen MR) is 140 cm³/mol. The van der Waals surface area contributed by atoms with E-state index >= 15 is 0 Å². The maximum Gasteiger partial charge on any atom is 0.411 e. The first-order chi connectivity index (χ1) is 18.5. The lowest BCUT2D eigenvalue weighted by Crippen LogP contribution is -2.46. The van der Waals surface area contributed by atoms with E-state index in [-0.39, 0.29) is 6.73 Å². The first-order valence-electron chi connectivity index (χ1n) is 12.8. The van der Waals surface area contributed by atoms with Gasteiger partial charge in [-0.1, -0.05) is 30.3 Å². The van der Waals surface area contributed by atoms with E-state index in [4.69, 9.17) is 23.7 Å². The van der Waals surface area contributed by atoms with Crippen LogP contribution in [0.4, 0.5) is 4.79 Å². The van der Waals surface area contributed by atoms with E-state index in [0.29, 0.717) is 35.4 Å². The Kier molecular flexibility index (Phi) is 7.08. The van der Waals surface area contributed by atoms with E-state index < -0.39 is 41.8 Å². The molecular formula is C28H34N4O7. The number of ether oxygens (including phenoxy) is 5. The van der Waals surface area contributed by atoms with Gasteiger partial charge in [-0.3, -0.25) is 4.90 Å². The zero-order chi connectivity index (χ0) is 27.9. The van der Waals surface area contributed by atoms with Crippen molar-refractivity contribution in [2.45, 2.75) is 83.6 Å². The van der Waals surface area contributed by atoms with Gasteiger partial charge in [0.15, 0.2) is 5.79 Å². The number of carbonyl (C=O) groups excluding carboxylic acids is 2. The van der Waals surface area contributed by atoms with Crippen LogP contribution in [0.2, 0.25) is 0 Å². The summed E-state index contributed by atoms with van der Waals surface area (Å²) in [5.41, 5.74) is 2.03. The highest BCUT2D eigenvalue weighted by molar-refractivity contribution is 5.86. The third kappa shape index (κ3) is 5.21. The number of amides is 1. The summed E-state index contributed by atoms with van der Waals surface area (Å²) in [7, 11) is 1.53. The molecule has 1 amide bonds. The lowest BCUT2D eigenvalue weighted by molar-refractivity contribution is -0.167. The molecule has 2 aliphatic rings. The fourth-order valence-electron chi connectivity index (χ4n) is 5.28. The highest BCUT2D eigenvalue weighted by Crippen LogP contribution is 2.49. The van der Waals surface area contributed by atoms with Gasteiger partial charge in [-0.15, -0.1) is 0 Å². The van der Waals surface area contributed by atoms with Crippen molar-refractivity contribution >= 4 is 23.4 Å². The average molecular weight is 539 g/mol. The number of benzene rings is 1. The molecule has 11 nitrogen and oxygen atoms in total. The fraction of sp³-hybridized carbons (Fsp3) is 0.500. The number of methoxy groups -OCH3 is 1. The van der Waals surface area contributed by atoms with Gasteiger partial charge in [-0.2, -0.15) is 4.98 Å². The van der Waals surface area contributed by atoms with Crippen molar-refractivity contribution in [2.24, 2.45) is 0 Å². The maximum atomic E-state index is 13.5. The molecule has 4 heterocycles. The van der Waals surface area contributed by atoms with Crippen molar-refractivity contribution in [1.82, 2.24) is 19.4 Å². The third-order valence-corrected chi connectivity index (χ3v) is 6.67. The summed E-state index contributed by atoms with van der Waals surface area (Å²) < 4.78 is 31.6. The number of aromatic nitrogens is 3. The largest absolute Gasteiger partial charge is 0.479 e. The SMILES string of the molecule is COc1ncnc2c([C@H]3[C@@H]4OC(C)(C)O[C@@H]4[C@@H](C=O)N3C(=O)OC(C)(C)C)cn(COCc3ccccc3)c12. The van der Waals surface area contributed by atoms with Gasteiger partial charge in [-0.05, 0) is 40.2 Å². The molecule has 208 valence electrons. The Morgan fingerprint density at radius 1 is 1.13 bits per heavy atom. The summed E-state index contributed by atoms with van der Waals surface area (Å²) in [6.45, 7) is 9.46. The van der Waals surface area contributed by atoms with E-state index in [0.717, 1.165) is 5.56 Å². The van der Waals surface area contributed by atoms with Crippen LogP contribution in [-0.4, -0.2) is 68.6 Å². The number of likely N-dealkylation sites (tertiary alicyclic amines) is 1. The van der Waals surface area contributed by atoms with Crippen LogP contribution in [0.25, 0.3) is 11.0 Å². The van der Waals surface area contributed by atoms with E-state index in [1.807, 2.05) is 41.1 Å². The number of nitrogens with zero attached hydrogens (tertiary/aromatic N) is 4. The molecule has 11 heteroatoms. The van der Waals surface area contributed by atoms with Gasteiger partial charge in [0.25, 0.3) is 0 Å². The molecule has 1 aromatic carbocycles. The summed E-state index contributed by atoms with van der Waals surface area (Å²) in [6.07, 6.45) is 1.97. The highest BCUT2D eigenvalue weighted by atomic mass is 16.8. The normalized spacial score (nSPS) is 24.1. The molecule has 39 heavy (non-hydrogen) atoms. The van der Waals surface area contributed by atoms with Crippen LogP contribution < -0.4 is 4.74 Å². The number of aldehydes is 1. The molecule has 0 aliphatic carbocycles. The molecule has 2 aromatic heterocycles. The summed E-state index contributed by atoms with van der Waals surface area (Å²) in [4.78, 5) is 36.2. The number of rotatable bonds is 7. The highest BCUT2D eigenvalue weighted by Gasteiger charge is 2.61.